The van der Waals surface area contributed by atoms with Crippen LogP contribution < -0.4 is 4.90 Å². The van der Waals surface area contributed by atoms with Gasteiger partial charge in [0.25, 0.3) is 5.91 Å². The third kappa shape index (κ3) is 5.38. The summed E-state index contributed by atoms with van der Waals surface area (Å²) in [6.07, 6.45) is 2.69. The first-order valence-electron chi connectivity index (χ1n) is 7.85. The second-order valence-corrected chi connectivity index (χ2v) is 5.23. The van der Waals surface area contributed by atoms with Gasteiger partial charge in [0.1, 0.15) is 0 Å². The number of hydrogen-bond acceptors (Lipinski definition) is 3. The third-order valence-corrected chi connectivity index (χ3v) is 3.74. The van der Waals surface area contributed by atoms with Crippen LogP contribution >= 0.6 is 0 Å². The van der Waals surface area contributed by atoms with Crippen LogP contribution in [0.5, 0.6) is 0 Å². The molecule has 1 N–H and O–H groups in total. The zero-order valence-electron chi connectivity index (χ0n) is 13.5. The molecule has 0 unspecified atom stereocenters. The molecule has 0 fully saturated rings. The summed E-state index contributed by atoms with van der Waals surface area (Å²) in [5.41, 5.74) is 1.89. The van der Waals surface area contributed by atoms with Gasteiger partial charge in [-0.3, -0.25) is 4.79 Å². The molecular formula is C17H28N2O2. The zero-order chi connectivity index (χ0) is 15.7. The lowest BCUT2D eigenvalue weighted by Gasteiger charge is -2.22. The summed E-state index contributed by atoms with van der Waals surface area (Å²) < 4.78 is 0. The van der Waals surface area contributed by atoms with Crippen molar-refractivity contribution in [3.8, 4) is 0 Å². The molecule has 0 bridgehead atoms. The maximum atomic E-state index is 12.3. The maximum absolute atomic E-state index is 12.3. The van der Waals surface area contributed by atoms with Gasteiger partial charge in [0, 0.05) is 44.5 Å². The number of carbonyl (C=O) groups is 1. The molecule has 1 aromatic carbocycles. The van der Waals surface area contributed by atoms with Crippen molar-refractivity contribution in [2.45, 2.75) is 33.1 Å². The quantitative estimate of drug-likeness (QED) is 0.712. The maximum Gasteiger partial charge on any atom is 0.253 e. The molecule has 1 aromatic rings. The molecular weight excluding hydrogens is 264 g/mol. The Kier molecular flexibility index (Phi) is 7.83. The van der Waals surface area contributed by atoms with E-state index in [1.807, 2.05) is 31.3 Å². The van der Waals surface area contributed by atoms with Crippen molar-refractivity contribution in [3.05, 3.63) is 29.8 Å². The highest BCUT2D eigenvalue weighted by Gasteiger charge is 2.11. The Morgan fingerprint density at radius 2 is 1.67 bits per heavy atom. The molecule has 0 aliphatic carbocycles. The van der Waals surface area contributed by atoms with E-state index in [4.69, 9.17) is 5.11 Å². The molecule has 118 valence electrons. The molecule has 0 spiro atoms. The molecule has 1 amide bonds. The van der Waals surface area contributed by atoms with E-state index in [1.54, 1.807) is 4.90 Å². The largest absolute Gasteiger partial charge is 0.396 e. The fourth-order valence-electron chi connectivity index (χ4n) is 2.36. The molecule has 1 rings (SSSR count). The van der Waals surface area contributed by atoms with E-state index in [0.29, 0.717) is 0 Å². The monoisotopic (exact) mass is 292 g/mol. The van der Waals surface area contributed by atoms with E-state index < -0.39 is 0 Å². The third-order valence-electron chi connectivity index (χ3n) is 3.74. The molecule has 0 saturated carbocycles. The molecule has 4 nitrogen and oxygen atoms in total. The van der Waals surface area contributed by atoms with Crippen LogP contribution in [-0.4, -0.2) is 49.2 Å². The second kappa shape index (κ2) is 9.40. The van der Waals surface area contributed by atoms with E-state index in [-0.39, 0.29) is 12.5 Å². The number of rotatable bonds is 9. The number of carbonyl (C=O) groups excluding carboxylic acids is 1. The smallest absolute Gasteiger partial charge is 0.253 e. The Balaban J connectivity index is 2.58. The van der Waals surface area contributed by atoms with Gasteiger partial charge in [0.05, 0.1) is 0 Å². The Morgan fingerprint density at radius 1 is 1.05 bits per heavy atom. The molecule has 0 radical (unpaired) electrons. The average Bonchev–Trinajstić information content (AvgIpc) is 2.52. The summed E-state index contributed by atoms with van der Waals surface area (Å²) in [4.78, 5) is 16.3. The van der Waals surface area contributed by atoms with Crippen LogP contribution in [0.3, 0.4) is 0 Å². The number of unbranched alkanes of at least 4 members (excludes halogenated alkanes) is 2. The standard InChI is InChI=1S/C17H28N2O2/c1-4-19(5-2)16-11-9-15(10-12-16)17(21)18(3)13-7-6-8-14-20/h9-12,20H,4-8,13-14H2,1-3H3. The van der Waals surface area contributed by atoms with E-state index >= 15 is 0 Å². The summed E-state index contributed by atoms with van der Waals surface area (Å²) in [6.45, 7) is 7.15. The average molecular weight is 292 g/mol. The lowest BCUT2D eigenvalue weighted by Crippen LogP contribution is -2.28. The van der Waals surface area contributed by atoms with Crippen molar-refractivity contribution in [2.75, 3.05) is 38.2 Å². The van der Waals surface area contributed by atoms with Gasteiger partial charge >= 0.3 is 0 Å². The van der Waals surface area contributed by atoms with Crippen molar-refractivity contribution in [2.24, 2.45) is 0 Å². The molecule has 4 heteroatoms. The van der Waals surface area contributed by atoms with Gasteiger partial charge in [-0.2, -0.15) is 0 Å². The first kappa shape index (κ1) is 17.5. The van der Waals surface area contributed by atoms with E-state index in [9.17, 15) is 4.79 Å². The predicted octanol–water partition coefficient (Wildman–Crippen LogP) is 2.77. The number of aliphatic hydroxyl groups excluding tert-OH is 1. The van der Waals surface area contributed by atoms with Crippen molar-refractivity contribution in [3.63, 3.8) is 0 Å². The van der Waals surface area contributed by atoms with Crippen LogP contribution in [0.4, 0.5) is 5.69 Å². The second-order valence-electron chi connectivity index (χ2n) is 5.23. The normalized spacial score (nSPS) is 10.5. The van der Waals surface area contributed by atoms with Crippen LogP contribution in [0, 0.1) is 0 Å². The number of benzene rings is 1. The highest BCUT2D eigenvalue weighted by Crippen LogP contribution is 2.16. The summed E-state index contributed by atoms with van der Waals surface area (Å²) in [6, 6.07) is 7.83. The predicted molar refractivity (Wildman–Crippen MR) is 87.9 cm³/mol. The number of nitrogens with zero attached hydrogens (tertiary/aromatic N) is 2. The zero-order valence-corrected chi connectivity index (χ0v) is 13.5. The molecule has 0 aliphatic heterocycles. The summed E-state index contributed by atoms with van der Waals surface area (Å²) in [5, 5.41) is 8.75. The molecule has 0 aliphatic rings. The Bertz CT molecular complexity index is 413. The van der Waals surface area contributed by atoms with Gasteiger partial charge in [-0.05, 0) is 57.4 Å². The fraction of sp³-hybridized carbons (Fsp3) is 0.588. The van der Waals surface area contributed by atoms with Gasteiger partial charge < -0.3 is 14.9 Å². The lowest BCUT2D eigenvalue weighted by molar-refractivity contribution is 0.0792. The van der Waals surface area contributed by atoms with Crippen LogP contribution in [-0.2, 0) is 0 Å². The minimum absolute atomic E-state index is 0.0603. The Morgan fingerprint density at radius 3 is 2.19 bits per heavy atom. The van der Waals surface area contributed by atoms with E-state index in [0.717, 1.165) is 50.1 Å². The number of amides is 1. The van der Waals surface area contributed by atoms with Crippen LogP contribution in [0.2, 0.25) is 0 Å². The highest BCUT2D eigenvalue weighted by atomic mass is 16.2. The van der Waals surface area contributed by atoms with Crippen molar-refractivity contribution < 1.29 is 9.90 Å². The molecule has 0 heterocycles. The van der Waals surface area contributed by atoms with Crippen LogP contribution in [0.1, 0.15) is 43.5 Å². The van der Waals surface area contributed by atoms with Crippen LogP contribution in [0.15, 0.2) is 24.3 Å². The van der Waals surface area contributed by atoms with Gasteiger partial charge in [-0.25, -0.2) is 0 Å². The summed E-state index contributed by atoms with van der Waals surface area (Å²) >= 11 is 0. The SMILES string of the molecule is CCN(CC)c1ccc(C(=O)N(C)CCCCCO)cc1. The molecule has 0 atom stereocenters. The Labute approximate surface area is 128 Å². The summed E-state index contributed by atoms with van der Waals surface area (Å²) in [5.74, 6) is 0.0603. The molecule has 0 saturated heterocycles. The first-order valence-corrected chi connectivity index (χ1v) is 7.85. The van der Waals surface area contributed by atoms with E-state index in [2.05, 4.69) is 18.7 Å². The Hall–Kier alpha value is -1.55. The van der Waals surface area contributed by atoms with Gasteiger partial charge in [-0.1, -0.05) is 0 Å². The minimum atomic E-state index is 0.0603. The van der Waals surface area contributed by atoms with Crippen molar-refractivity contribution in [1.82, 2.24) is 4.90 Å². The van der Waals surface area contributed by atoms with Gasteiger partial charge in [0.15, 0.2) is 0 Å². The highest BCUT2D eigenvalue weighted by molar-refractivity contribution is 5.94. The van der Waals surface area contributed by atoms with E-state index in [1.165, 1.54) is 0 Å². The molecule has 0 aromatic heterocycles. The van der Waals surface area contributed by atoms with Crippen molar-refractivity contribution >= 4 is 11.6 Å². The lowest BCUT2D eigenvalue weighted by atomic mass is 10.1. The number of anilines is 1. The number of aliphatic hydroxyl groups is 1. The molecule has 21 heavy (non-hydrogen) atoms. The first-order chi connectivity index (χ1) is 10.1. The minimum Gasteiger partial charge on any atom is -0.396 e. The van der Waals surface area contributed by atoms with Crippen LogP contribution in [0.25, 0.3) is 0 Å². The topological polar surface area (TPSA) is 43.8 Å². The summed E-state index contributed by atoms with van der Waals surface area (Å²) in [7, 11) is 1.83. The fourth-order valence-corrected chi connectivity index (χ4v) is 2.36. The van der Waals surface area contributed by atoms with Crippen molar-refractivity contribution in [1.29, 1.82) is 0 Å². The van der Waals surface area contributed by atoms with Gasteiger partial charge in [-0.15, -0.1) is 0 Å². The van der Waals surface area contributed by atoms with Gasteiger partial charge in [0.2, 0.25) is 0 Å². The number of hydrogen-bond donors (Lipinski definition) is 1.